The van der Waals surface area contributed by atoms with Gasteiger partial charge < -0.3 is 25.0 Å². The number of benzene rings is 1. The highest BCUT2D eigenvalue weighted by Crippen LogP contribution is 2.32. The zero-order chi connectivity index (χ0) is 27.0. The molecule has 1 saturated heterocycles. The van der Waals surface area contributed by atoms with E-state index in [1.54, 1.807) is 36.1 Å². The number of piperidine rings is 1. The molecule has 1 amide bonds. The molecule has 1 aromatic heterocycles. The summed E-state index contributed by atoms with van der Waals surface area (Å²) >= 11 is 0. The van der Waals surface area contributed by atoms with Gasteiger partial charge in [-0.15, -0.1) is 12.4 Å². The van der Waals surface area contributed by atoms with Gasteiger partial charge in [0.05, 0.1) is 32.1 Å². The smallest absolute Gasteiger partial charge is 0.423 e. The van der Waals surface area contributed by atoms with E-state index in [1.165, 1.54) is 7.11 Å². The fourth-order valence-electron chi connectivity index (χ4n) is 4.36. The van der Waals surface area contributed by atoms with Crippen molar-refractivity contribution in [3.05, 3.63) is 51.9 Å². The summed E-state index contributed by atoms with van der Waals surface area (Å²) in [7, 11) is 1.50. The molecule has 1 fully saturated rings. The Bertz CT molecular complexity index is 1090. The number of likely N-dealkylation sites (N-methyl/N-ethyl adjacent to an activating group) is 1. The minimum absolute atomic E-state index is 0. The standard InChI is InChI=1S/C25H34F3N5O4.ClH/c1-4-32(19-9-11-29-12-10-19)22(34)16-37-15-17(2)31-21-13-30-33(24(35)23(21)25(26,27)28)14-18-5-7-20(36-3)8-6-18;/h5-8,13,17,19,29,31H,4,9-12,14-16H2,1-3H3;1H. The molecule has 13 heteroatoms. The SMILES string of the molecule is CCN(C(=O)COCC(C)Nc1cnn(Cc2ccc(OC)cc2)c(=O)c1C(F)(F)F)C1CCNCC1.Cl. The Labute approximate surface area is 226 Å². The lowest BCUT2D eigenvalue weighted by atomic mass is 10.0. The van der Waals surface area contributed by atoms with Crippen molar-refractivity contribution in [2.45, 2.75) is 51.5 Å². The zero-order valence-corrected chi connectivity index (χ0v) is 22.5. The van der Waals surface area contributed by atoms with Crippen LogP contribution in [-0.4, -0.2) is 72.6 Å². The van der Waals surface area contributed by atoms with Crippen LogP contribution in [0.25, 0.3) is 0 Å². The number of carbonyl (C=O) groups excluding carboxylic acids is 1. The van der Waals surface area contributed by atoms with E-state index in [0.717, 1.165) is 36.8 Å². The molecular weight excluding hydrogens is 527 g/mol. The van der Waals surface area contributed by atoms with Gasteiger partial charge in [-0.3, -0.25) is 9.59 Å². The van der Waals surface area contributed by atoms with Crippen molar-refractivity contribution in [1.29, 1.82) is 0 Å². The van der Waals surface area contributed by atoms with Gasteiger partial charge in [-0.05, 0) is 57.5 Å². The normalized spacial score (nSPS) is 14.9. The van der Waals surface area contributed by atoms with E-state index in [9.17, 15) is 22.8 Å². The fraction of sp³-hybridized carbons (Fsp3) is 0.560. The molecule has 1 atom stereocenters. The van der Waals surface area contributed by atoms with E-state index < -0.39 is 29.0 Å². The van der Waals surface area contributed by atoms with E-state index in [0.29, 0.717) is 17.9 Å². The number of nitrogens with zero attached hydrogens (tertiary/aromatic N) is 3. The average molecular weight is 562 g/mol. The number of amides is 1. The summed E-state index contributed by atoms with van der Waals surface area (Å²) in [4.78, 5) is 27.1. The van der Waals surface area contributed by atoms with E-state index in [4.69, 9.17) is 9.47 Å². The number of hydrogen-bond donors (Lipinski definition) is 2. The third-order valence-corrected chi connectivity index (χ3v) is 6.22. The fourth-order valence-corrected chi connectivity index (χ4v) is 4.36. The number of rotatable bonds is 11. The summed E-state index contributed by atoms with van der Waals surface area (Å²) in [5.74, 6) is 0.437. The van der Waals surface area contributed by atoms with Crippen LogP contribution in [0.2, 0.25) is 0 Å². The van der Waals surface area contributed by atoms with Crippen molar-refractivity contribution in [2.24, 2.45) is 0 Å². The first-order chi connectivity index (χ1) is 17.6. The molecule has 3 rings (SSSR count). The Morgan fingerprint density at radius 3 is 2.50 bits per heavy atom. The monoisotopic (exact) mass is 561 g/mol. The topological polar surface area (TPSA) is 97.7 Å². The molecule has 9 nitrogen and oxygen atoms in total. The van der Waals surface area contributed by atoms with Crippen LogP contribution in [0.15, 0.2) is 35.3 Å². The number of anilines is 1. The van der Waals surface area contributed by atoms with Gasteiger partial charge in [0.15, 0.2) is 0 Å². The third kappa shape index (κ3) is 8.34. The van der Waals surface area contributed by atoms with Crippen LogP contribution in [0.4, 0.5) is 18.9 Å². The second-order valence-corrected chi connectivity index (χ2v) is 8.96. The van der Waals surface area contributed by atoms with Crippen LogP contribution in [0, 0.1) is 0 Å². The van der Waals surface area contributed by atoms with Crippen LogP contribution >= 0.6 is 12.4 Å². The molecule has 38 heavy (non-hydrogen) atoms. The van der Waals surface area contributed by atoms with Crippen LogP contribution < -0.4 is 20.9 Å². The minimum atomic E-state index is -4.89. The molecule has 0 aliphatic carbocycles. The van der Waals surface area contributed by atoms with E-state index >= 15 is 0 Å². The molecule has 2 N–H and O–H groups in total. The first-order valence-corrected chi connectivity index (χ1v) is 12.3. The summed E-state index contributed by atoms with van der Waals surface area (Å²) in [6.45, 7) is 5.46. The summed E-state index contributed by atoms with van der Waals surface area (Å²) in [5, 5.41) is 9.88. The highest BCUT2D eigenvalue weighted by molar-refractivity contribution is 5.85. The number of alkyl halides is 3. The number of methoxy groups -OCH3 is 1. The van der Waals surface area contributed by atoms with Gasteiger partial charge in [-0.25, -0.2) is 4.68 Å². The molecule has 1 aliphatic rings. The number of carbonyl (C=O) groups is 1. The minimum Gasteiger partial charge on any atom is -0.497 e. The second-order valence-electron chi connectivity index (χ2n) is 8.96. The Morgan fingerprint density at radius 2 is 1.92 bits per heavy atom. The van der Waals surface area contributed by atoms with Crippen molar-refractivity contribution < 1.29 is 27.4 Å². The Morgan fingerprint density at radius 1 is 1.26 bits per heavy atom. The van der Waals surface area contributed by atoms with Crippen LogP contribution in [0.3, 0.4) is 0 Å². The Balaban J connectivity index is 0.00000507. The Kier molecular flexibility index (Phi) is 11.9. The Hall–Kier alpha value is -2.83. The molecule has 1 unspecified atom stereocenters. The maximum atomic E-state index is 13.9. The first-order valence-electron chi connectivity index (χ1n) is 12.3. The van der Waals surface area contributed by atoms with Crippen LogP contribution in [-0.2, 0) is 22.3 Å². The molecule has 1 aliphatic heterocycles. The number of ether oxygens (including phenoxy) is 2. The van der Waals surface area contributed by atoms with Gasteiger partial charge in [0.2, 0.25) is 5.91 Å². The molecular formula is C25H35ClF3N5O4. The summed E-state index contributed by atoms with van der Waals surface area (Å²) < 4.78 is 52.9. The van der Waals surface area contributed by atoms with E-state index in [-0.39, 0.29) is 44.1 Å². The third-order valence-electron chi connectivity index (χ3n) is 6.22. The molecule has 212 valence electrons. The van der Waals surface area contributed by atoms with E-state index in [2.05, 4.69) is 15.7 Å². The second kappa shape index (κ2) is 14.4. The molecule has 2 heterocycles. The van der Waals surface area contributed by atoms with Gasteiger partial charge in [0.1, 0.15) is 17.9 Å². The molecule has 0 saturated carbocycles. The van der Waals surface area contributed by atoms with Crippen LogP contribution in [0.1, 0.15) is 37.8 Å². The lowest BCUT2D eigenvalue weighted by Gasteiger charge is -2.34. The maximum absolute atomic E-state index is 13.9. The van der Waals surface area contributed by atoms with Gasteiger partial charge in [-0.1, -0.05) is 12.1 Å². The highest BCUT2D eigenvalue weighted by atomic mass is 35.5. The average Bonchev–Trinajstić information content (AvgIpc) is 2.86. The molecule has 0 spiro atoms. The van der Waals surface area contributed by atoms with Crippen molar-refractivity contribution in [3.63, 3.8) is 0 Å². The lowest BCUT2D eigenvalue weighted by Crippen LogP contribution is -2.47. The predicted molar refractivity (Wildman–Crippen MR) is 140 cm³/mol. The van der Waals surface area contributed by atoms with Gasteiger partial charge in [0, 0.05) is 18.6 Å². The van der Waals surface area contributed by atoms with Crippen molar-refractivity contribution in [2.75, 3.05) is 45.3 Å². The number of aromatic nitrogens is 2. The number of nitrogens with one attached hydrogen (secondary N) is 2. The lowest BCUT2D eigenvalue weighted by molar-refractivity contribution is -0.139. The maximum Gasteiger partial charge on any atom is 0.423 e. The number of hydrogen-bond acceptors (Lipinski definition) is 7. The first kappa shape index (κ1) is 31.4. The van der Waals surface area contributed by atoms with Crippen molar-refractivity contribution >= 4 is 24.0 Å². The van der Waals surface area contributed by atoms with Crippen molar-refractivity contribution in [3.8, 4) is 5.75 Å². The predicted octanol–water partition coefficient (Wildman–Crippen LogP) is 3.16. The summed E-state index contributed by atoms with van der Waals surface area (Å²) in [5.41, 5.74) is -2.42. The van der Waals surface area contributed by atoms with Gasteiger partial charge in [0.25, 0.3) is 5.56 Å². The zero-order valence-electron chi connectivity index (χ0n) is 21.7. The molecule has 1 aromatic carbocycles. The molecule has 0 bridgehead atoms. The van der Waals surface area contributed by atoms with Gasteiger partial charge >= 0.3 is 6.18 Å². The summed E-state index contributed by atoms with van der Waals surface area (Å²) in [6, 6.07) is 6.15. The highest BCUT2D eigenvalue weighted by Gasteiger charge is 2.38. The van der Waals surface area contributed by atoms with Crippen molar-refractivity contribution in [1.82, 2.24) is 20.0 Å². The largest absolute Gasteiger partial charge is 0.497 e. The van der Waals surface area contributed by atoms with Crippen LogP contribution in [0.5, 0.6) is 5.75 Å². The molecule has 2 aromatic rings. The number of halogens is 4. The molecule has 0 radical (unpaired) electrons. The quantitative estimate of drug-likeness (QED) is 0.435. The van der Waals surface area contributed by atoms with Gasteiger partial charge in [-0.2, -0.15) is 18.3 Å². The summed E-state index contributed by atoms with van der Waals surface area (Å²) in [6.07, 6.45) is -2.16. The van der Waals surface area contributed by atoms with E-state index in [1.807, 2.05) is 6.92 Å².